The first-order valence-electron chi connectivity index (χ1n) is 5.85. The number of rotatable bonds is 3. The van der Waals surface area contributed by atoms with Gasteiger partial charge >= 0.3 is 0 Å². The van der Waals surface area contributed by atoms with Crippen LogP contribution in [0.1, 0.15) is 22.8 Å². The van der Waals surface area contributed by atoms with Crippen LogP contribution >= 0.6 is 27.5 Å². The Bertz CT molecular complexity index is 580. The second-order valence-corrected chi connectivity index (χ2v) is 5.85. The summed E-state index contributed by atoms with van der Waals surface area (Å²) >= 11 is 9.03. The molecule has 1 unspecified atom stereocenters. The highest BCUT2D eigenvalue weighted by molar-refractivity contribution is 9.10. The maximum atomic E-state index is 13.3. The molecule has 1 N–H and O–H groups in total. The van der Waals surface area contributed by atoms with Gasteiger partial charge in [0, 0.05) is 10.9 Å². The van der Waals surface area contributed by atoms with Crippen LogP contribution in [0.2, 0.25) is 5.02 Å². The van der Waals surface area contributed by atoms with E-state index in [2.05, 4.69) is 15.9 Å². The quantitative estimate of drug-likeness (QED) is 0.846. The van der Waals surface area contributed by atoms with Crippen molar-refractivity contribution in [2.45, 2.75) is 19.4 Å². The van der Waals surface area contributed by atoms with Crippen LogP contribution < -0.4 is 0 Å². The minimum absolute atomic E-state index is 0.0940. The zero-order valence-corrected chi connectivity index (χ0v) is 12.7. The second-order valence-electron chi connectivity index (χ2n) is 4.53. The van der Waals surface area contributed by atoms with E-state index in [1.54, 1.807) is 6.07 Å². The molecule has 0 aromatic heterocycles. The highest BCUT2D eigenvalue weighted by Crippen LogP contribution is 2.25. The molecule has 2 aromatic rings. The molecular weight excluding hydrogens is 331 g/mol. The number of halogens is 3. The van der Waals surface area contributed by atoms with E-state index in [1.807, 2.05) is 25.1 Å². The minimum atomic E-state index is -0.670. The maximum Gasteiger partial charge on any atom is 0.142 e. The standard InChI is InChI=1S/C15H13BrClFO/c1-9-4-11(8-12(16)5-9)15(19)7-10-2-3-13(17)14(18)6-10/h2-6,8,15,19H,7H2,1H3. The Morgan fingerprint density at radius 2 is 2.00 bits per heavy atom. The van der Waals surface area contributed by atoms with Crippen molar-refractivity contribution in [3.63, 3.8) is 0 Å². The Labute approximate surface area is 125 Å². The molecule has 0 aliphatic heterocycles. The first kappa shape index (κ1) is 14.5. The molecule has 2 rings (SSSR count). The number of hydrogen-bond donors (Lipinski definition) is 1. The Kier molecular flexibility index (Phi) is 4.61. The van der Waals surface area contributed by atoms with Crippen molar-refractivity contribution in [2.75, 3.05) is 0 Å². The molecule has 0 aliphatic rings. The first-order valence-corrected chi connectivity index (χ1v) is 7.02. The molecule has 0 aliphatic carbocycles. The summed E-state index contributed by atoms with van der Waals surface area (Å²) in [5.41, 5.74) is 2.58. The minimum Gasteiger partial charge on any atom is -0.388 e. The third-order valence-corrected chi connectivity index (χ3v) is 3.63. The van der Waals surface area contributed by atoms with Crippen LogP contribution in [-0.2, 0) is 6.42 Å². The smallest absolute Gasteiger partial charge is 0.142 e. The van der Waals surface area contributed by atoms with Crippen LogP contribution in [-0.4, -0.2) is 5.11 Å². The number of aliphatic hydroxyl groups is 1. The third kappa shape index (κ3) is 3.78. The van der Waals surface area contributed by atoms with Gasteiger partial charge in [-0.2, -0.15) is 0 Å². The van der Waals surface area contributed by atoms with Gasteiger partial charge in [-0.1, -0.05) is 39.7 Å². The van der Waals surface area contributed by atoms with Crippen LogP contribution in [0.4, 0.5) is 4.39 Å². The van der Waals surface area contributed by atoms with E-state index in [4.69, 9.17) is 11.6 Å². The highest BCUT2D eigenvalue weighted by Gasteiger charge is 2.11. The summed E-state index contributed by atoms with van der Waals surface area (Å²) < 4.78 is 14.3. The molecule has 19 heavy (non-hydrogen) atoms. The van der Waals surface area contributed by atoms with Crippen LogP contribution in [0.25, 0.3) is 0 Å². The van der Waals surface area contributed by atoms with E-state index in [0.29, 0.717) is 12.0 Å². The largest absolute Gasteiger partial charge is 0.388 e. The molecule has 0 bridgehead atoms. The molecule has 0 radical (unpaired) electrons. The van der Waals surface area contributed by atoms with Crippen LogP contribution in [0.5, 0.6) is 0 Å². The first-order chi connectivity index (χ1) is 8.95. The number of hydrogen-bond acceptors (Lipinski definition) is 1. The van der Waals surface area contributed by atoms with Gasteiger partial charge in [-0.05, 0) is 47.9 Å². The molecule has 100 valence electrons. The third-order valence-electron chi connectivity index (χ3n) is 2.86. The van der Waals surface area contributed by atoms with E-state index < -0.39 is 11.9 Å². The Morgan fingerprint density at radius 1 is 1.26 bits per heavy atom. The van der Waals surface area contributed by atoms with Crippen molar-refractivity contribution in [1.82, 2.24) is 0 Å². The molecule has 0 saturated heterocycles. The van der Waals surface area contributed by atoms with Crippen LogP contribution in [0, 0.1) is 12.7 Å². The lowest BCUT2D eigenvalue weighted by Gasteiger charge is -2.13. The second kappa shape index (κ2) is 6.04. The molecule has 0 heterocycles. The van der Waals surface area contributed by atoms with Gasteiger partial charge < -0.3 is 5.11 Å². The van der Waals surface area contributed by atoms with E-state index in [1.165, 1.54) is 12.1 Å². The fourth-order valence-electron chi connectivity index (χ4n) is 1.96. The lowest BCUT2D eigenvalue weighted by molar-refractivity contribution is 0.178. The number of aryl methyl sites for hydroxylation is 1. The Hall–Kier alpha value is -0.900. The van der Waals surface area contributed by atoms with Crippen molar-refractivity contribution < 1.29 is 9.50 Å². The molecule has 1 nitrogen and oxygen atoms in total. The van der Waals surface area contributed by atoms with Gasteiger partial charge in [-0.25, -0.2) is 4.39 Å². The highest BCUT2D eigenvalue weighted by atomic mass is 79.9. The predicted octanol–water partition coefficient (Wildman–Crippen LogP) is 4.83. The van der Waals surface area contributed by atoms with Gasteiger partial charge in [-0.3, -0.25) is 0 Å². The molecule has 0 amide bonds. The lowest BCUT2D eigenvalue weighted by atomic mass is 10.00. The summed E-state index contributed by atoms with van der Waals surface area (Å²) in [5, 5.41) is 10.3. The molecule has 4 heteroatoms. The Balaban J connectivity index is 2.20. The van der Waals surface area contributed by atoms with Gasteiger partial charge in [0.15, 0.2) is 0 Å². The van der Waals surface area contributed by atoms with Gasteiger partial charge in [-0.15, -0.1) is 0 Å². The summed E-state index contributed by atoms with van der Waals surface area (Å²) in [7, 11) is 0. The SMILES string of the molecule is Cc1cc(Br)cc(C(O)Cc2ccc(Cl)c(F)c2)c1. The molecule has 0 spiro atoms. The van der Waals surface area contributed by atoms with Gasteiger partial charge in [0.2, 0.25) is 0 Å². The molecule has 0 fully saturated rings. The maximum absolute atomic E-state index is 13.3. The van der Waals surface area contributed by atoms with Crippen molar-refractivity contribution >= 4 is 27.5 Å². The number of benzene rings is 2. The fraction of sp³-hybridized carbons (Fsp3) is 0.200. The summed E-state index contributed by atoms with van der Waals surface area (Å²) in [4.78, 5) is 0. The van der Waals surface area contributed by atoms with Gasteiger partial charge in [0.1, 0.15) is 5.82 Å². The summed E-state index contributed by atoms with van der Waals surface area (Å²) in [6.45, 7) is 1.96. The van der Waals surface area contributed by atoms with E-state index >= 15 is 0 Å². The van der Waals surface area contributed by atoms with Gasteiger partial charge in [0.25, 0.3) is 0 Å². The summed E-state index contributed by atoms with van der Waals surface area (Å²) in [6.07, 6.45) is -0.318. The zero-order valence-electron chi connectivity index (χ0n) is 10.3. The van der Waals surface area contributed by atoms with Gasteiger partial charge in [0.05, 0.1) is 11.1 Å². The molecule has 1 atom stereocenters. The van der Waals surface area contributed by atoms with Crippen LogP contribution in [0.15, 0.2) is 40.9 Å². The van der Waals surface area contributed by atoms with E-state index in [-0.39, 0.29) is 5.02 Å². The topological polar surface area (TPSA) is 20.2 Å². The molecule has 2 aromatic carbocycles. The van der Waals surface area contributed by atoms with Crippen molar-refractivity contribution in [3.05, 3.63) is 68.4 Å². The summed E-state index contributed by atoms with van der Waals surface area (Å²) in [6, 6.07) is 10.3. The van der Waals surface area contributed by atoms with Crippen molar-refractivity contribution in [1.29, 1.82) is 0 Å². The monoisotopic (exact) mass is 342 g/mol. The van der Waals surface area contributed by atoms with Crippen molar-refractivity contribution in [2.24, 2.45) is 0 Å². The zero-order chi connectivity index (χ0) is 14.0. The van der Waals surface area contributed by atoms with Crippen LogP contribution in [0.3, 0.4) is 0 Å². The molecule has 0 saturated carbocycles. The Morgan fingerprint density at radius 3 is 2.63 bits per heavy atom. The average Bonchev–Trinajstić information content (AvgIpc) is 2.32. The van der Waals surface area contributed by atoms with Crippen molar-refractivity contribution in [3.8, 4) is 0 Å². The molecular formula is C15H13BrClFO. The van der Waals surface area contributed by atoms with E-state index in [0.717, 1.165) is 15.6 Å². The lowest BCUT2D eigenvalue weighted by Crippen LogP contribution is -2.02. The fourth-order valence-corrected chi connectivity index (χ4v) is 2.71. The summed E-state index contributed by atoms with van der Waals surface area (Å²) in [5.74, 6) is -0.461. The van der Waals surface area contributed by atoms with E-state index in [9.17, 15) is 9.50 Å². The normalized spacial score (nSPS) is 12.5. The predicted molar refractivity (Wildman–Crippen MR) is 79.0 cm³/mol. The number of aliphatic hydroxyl groups excluding tert-OH is 1. The average molecular weight is 344 g/mol.